The Morgan fingerprint density at radius 2 is 2.24 bits per heavy atom. The molecule has 0 saturated heterocycles. The number of rotatable bonds is 4. The van der Waals surface area contributed by atoms with Gasteiger partial charge in [0, 0.05) is 12.1 Å². The van der Waals surface area contributed by atoms with Gasteiger partial charge in [-0.05, 0) is 39.8 Å². The Kier molecular flexibility index (Phi) is 5.25. The van der Waals surface area contributed by atoms with Crippen LogP contribution in [0.3, 0.4) is 0 Å². The first-order chi connectivity index (χ1) is 8.00. The van der Waals surface area contributed by atoms with Crippen LogP contribution in [0.15, 0.2) is 4.99 Å². The predicted molar refractivity (Wildman–Crippen MR) is 74.2 cm³/mol. The zero-order valence-electron chi connectivity index (χ0n) is 11.8. The first-order valence-corrected chi connectivity index (χ1v) is 6.71. The summed E-state index contributed by atoms with van der Waals surface area (Å²) in [6.07, 6.45) is 5.11. The largest absolute Gasteiger partial charge is 0.370 e. The van der Waals surface area contributed by atoms with Crippen LogP contribution in [0.5, 0.6) is 0 Å². The van der Waals surface area contributed by atoms with E-state index in [-0.39, 0.29) is 5.54 Å². The average Bonchev–Trinajstić information content (AvgIpc) is 2.27. The Hall–Kier alpha value is -0.770. The van der Waals surface area contributed by atoms with Gasteiger partial charge in [-0.25, -0.2) is 0 Å². The van der Waals surface area contributed by atoms with Gasteiger partial charge in [0.05, 0.1) is 6.54 Å². The smallest absolute Gasteiger partial charge is 0.188 e. The Morgan fingerprint density at radius 3 is 2.76 bits per heavy atom. The van der Waals surface area contributed by atoms with Gasteiger partial charge in [-0.15, -0.1) is 0 Å². The van der Waals surface area contributed by atoms with E-state index in [1.807, 2.05) is 6.92 Å². The molecule has 0 aromatic rings. The highest BCUT2D eigenvalue weighted by molar-refractivity contribution is 5.77. The highest BCUT2D eigenvalue weighted by atomic mass is 15.2. The summed E-state index contributed by atoms with van der Waals surface area (Å²) in [5, 5.41) is 3.06. The van der Waals surface area contributed by atoms with E-state index in [0.29, 0.717) is 5.96 Å². The van der Waals surface area contributed by atoms with Crippen LogP contribution in [0.4, 0.5) is 0 Å². The fourth-order valence-corrected chi connectivity index (χ4v) is 2.79. The molecule has 2 unspecified atom stereocenters. The second-order valence-electron chi connectivity index (χ2n) is 5.55. The van der Waals surface area contributed by atoms with Gasteiger partial charge in [-0.1, -0.05) is 19.8 Å². The van der Waals surface area contributed by atoms with Gasteiger partial charge in [0.15, 0.2) is 5.96 Å². The Balaban J connectivity index is 2.68. The van der Waals surface area contributed by atoms with Crippen molar-refractivity contribution >= 4 is 5.96 Å². The number of aliphatic imine (C=N–C) groups is 1. The summed E-state index contributed by atoms with van der Waals surface area (Å²) in [6, 6.07) is 0. The molecule has 1 fully saturated rings. The van der Waals surface area contributed by atoms with Gasteiger partial charge in [0.2, 0.25) is 0 Å². The van der Waals surface area contributed by atoms with Crippen LogP contribution in [0.2, 0.25) is 0 Å². The number of hydrogen-bond donors (Lipinski definition) is 2. The molecule has 4 heteroatoms. The molecular weight excluding hydrogens is 212 g/mol. The van der Waals surface area contributed by atoms with Crippen molar-refractivity contribution in [1.82, 2.24) is 10.2 Å². The minimum Gasteiger partial charge on any atom is -0.370 e. The van der Waals surface area contributed by atoms with E-state index in [9.17, 15) is 0 Å². The monoisotopic (exact) mass is 240 g/mol. The molecule has 0 radical (unpaired) electrons. The number of likely N-dealkylation sites (N-methyl/N-ethyl adjacent to an activating group) is 1. The zero-order valence-corrected chi connectivity index (χ0v) is 11.8. The van der Waals surface area contributed by atoms with E-state index in [0.717, 1.165) is 19.0 Å². The molecule has 2 atom stereocenters. The summed E-state index contributed by atoms with van der Waals surface area (Å²) in [7, 11) is 4.33. The van der Waals surface area contributed by atoms with Gasteiger partial charge in [-0.3, -0.25) is 4.99 Å². The van der Waals surface area contributed by atoms with Crippen molar-refractivity contribution in [3.05, 3.63) is 0 Å². The van der Waals surface area contributed by atoms with Crippen molar-refractivity contribution in [1.29, 1.82) is 0 Å². The topological polar surface area (TPSA) is 53.6 Å². The van der Waals surface area contributed by atoms with E-state index < -0.39 is 0 Å². The van der Waals surface area contributed by atoms with Crippen molar-refractivity contribution < 1.29 is 0 Å². The maximum absolute atomic E-state index is 5.82. The second kappa shape index (κ2) is 6.24. The van der Waals surface area contributed by atoms with Gasteiger partial charge in [-0.2, -0.15) is 0 Å². The third-order valence-corrected chi connectivity index (χ3v) is 3.92. The summed E-state index contributed by atoms with van der Waals surface area (Å²) in [5.41, 5.74) is 6.02. The van der Waals surface area contributed by atoms with Gasteiger partial charge in [0.25, 0.3) is 0 Å². The van der Waals surface area contributed by atoms with Gasteiger partial charge in [0.1, 0.15) is 0 Å². The van der Waals surface area contributed by atoms with Crippen LogP contribution >= 0.6 is 0 Å². The van der Waals surface area contributed by atoms with E-state index in [1.54, 1.807) is 0 Å². The number of nitrogens with one attached hydrogen (secondary N) is 1. The van der Waals surface area contributed by atoms with E-state index in [2.05, 4.69) is 36.2 Å². The molecule has 0 heterocycles. The summed E-state index contributed by atoms with van der Waals surface area (Å²) >= 11 is 0. The normalized spacial score (nSPS) is 30.6. The number of nitrogens with two attached hydrogens (primary N) is 1. The van der Waals surface area contributed by atoms with Gasteiger partial charge >= 0.3 is 0 Å². The fraction of sp³-hybridized carbons (Fsp3) is 0.923. The molecule has 1 saturated carbocycles. The first kappa shape index (κ1) is 14.3. The summed E-state index contributed by atoms with van der Waals surface area (Å²) < 4.78 is 0. The maximum Gasteiger partial charge on any atom is 0.188 e. The molecule has 0 bridgehead atoms. The summed E-state index contributed by atoms with van der Waals surface area (Å²) in [6.45, 7) is 6.02. The molecular formula is C13H28N4. The van der Waals surface area contributed by atoms with Crippen LogP contribution < -0.4 is 11.1 Å². The lowest BCUT2D eigenvalue weighted by molar-refractivity contribution is 0.0845. The number of nitrogens with zero attached hydrogens (tertiary/aromatic N) is 2. The lowest BCUT2D eigenvalue weighted by Crippen LogP contribution is -2.50. The van der Waals surface area contributed by atoms with E-state index in [1.165, 1.54) is 25.7 Å². The first-order valence-electron chi connectivity index (χ1n) is 6.71. The van der Waals surface area contributed by atoms with Crippen LogP contribution in [-0.4, -0.2) is 43.6 Å². The molecule has 1 aliphatic carbocycles. The Morgan fingerprint density at radius 1 is 1.53 bits per heavy atom. The molecule has 0 aliphatic heterocycles. The van der Waals surface area contributed by atoms with Crippen molar-refractivity contribution in [2.75, 3.05) is 27.2 Å². The highest BCUT2D eigenvalue weighted by Gasteiger charge is 2.36. The molecule has 0 aromatic carbocycles. The van der Waals surface area contributed by atoms with Crippen molar-refractivity contribution in [3.63, 3.8) is 0 Å². The van der Waals surface area contributed by atoms with Crippen LogP contribution in [0, 0.1) is 5.92 Å². The Labute approximate surface area is 106 Å². The van der Waals surface area contributed by atoms with Gasteiger partial charge < -0.3 is 16.0 Å². The summed E-state index contributed by atoms with van der Waals surface area (Å²) in [4.78, 5) is 6.85. The second-order valence-corrected chi connectivity index (χ2v) is 5.55. The third kappa shape index (κ3) is 3.87. The molecule has 17 heavy (non-hydrogen) atoms. The number of guanidine groups is 1. The molecule has 0 amide bonds. The lowest BCUT2D eigenvalue weighted by Gasteiger charge is -2.44. The fourth-order valence-electron chi connectivity index (χ4n) is 2.79. The Bertz CT molecular complexity index is 262. The van der Waals surface area contributed by atoms with Crippen molar-refractivity contribution in [2.45, 2.75) is 45.1 Å². The van der Waals surface area contributed by atoms with E-state index >= 15 is 0 Å². The van der Waals surface area contributed by atoms with Crippen molar-refractivity contribution in [3.8, 4) is 0 Å². The standard InChI is InChI=1S/C13H28N4/c1-5-15-12(14)16-10-13(17(3)4)8-6-7-11(2)9-13/h11H,5-10H2,1-4H3,(H3,14,15,16). The average molecular weight is 240 g/mol. The molecule has 4 nitrogen and oxygen atoms in total. The molecule has 0 spiro atoms. The molecule has 1 aliphatic rings. The molecule has 0 aromatic heterocycles. The number of hydrogen-bond acceptors (Lipinski definition) is 2. The van der Waals surface area contributed by atoms with Crippen LogP contribution in [0.1, 0.15) is 39.5 Å². The lowest BCUT2D eigenvalue weighted by atomic mass is 9.75. The molecule has 3 N–H and O–H groups in total. The predicted octanol–water partition coefficient (Wildman–Crippen LogP) is 1.42. The highest BCUT2D eigenvalue weighted by Crippen LogP contribution is 2.35. The molecule has 1 rings (SSSR count). The minimum atomic E-state index is 0.206. The van der Waals surface area contributed by atoms with Crippen LogP contribution in [-0.2, 0) is 0 Å². The van der Waals surface area contributed by atoms with Crippen LogP contribution in [0.25, 0.3) is 0 Å². The van der Waals surface area contributed by atoms with Crippen molar-refractivity contribution in [2.24, 2.45) is 16.6 Å². The summed E-state index contributed by atoms with van der Waals surface area (Å²) in [5.74, 6) is 1.37. The molecule has 100 valence electrons. The minimum absolute atomic E-state index is 0.206. The zero-order chi connectivity index (χ0) is 12.9. The quantitative estimate of drug-likeness (QED) is 0.577. The van der Waals surface area contributed by atoms with E-state index in [4.69, 9.17) is 5.73 Å². The maximum atomic E-state index is 5.82. The SMILES string of the molecule is CCNC(N)=NCC1(N(C)C)CCCC(C)C1. The third-order valence-electron chi connectivity index (χ3n) is 3.92.